The molecule has 0 radical (unpaired) electrons. The van der Waals surface area contributed by atoms with Crippen LogP contribution in [0.3, 0.4) is 0 Å². The van der Waals surface area contributed by atoms with Crippen LogP contribution in [0.2, 0.25) is 0 Å². The molecule has 2 aromatic rings. The molecular weight excluding hydrogens is 358 g/mol. The molecule has 1 saturated heterocycles. The van der Waals surface area contributed by atoms with Crippen molar-refractivity contribution in [3.05, 3.63) is 65.2 Å². The van der Waals surface area contributed by atoms with Crippen molar-refractivity contribution in [3.8, 4) is 0 Å². The third-order valence-electron chi connectivity index (χ3n) is 6.80. The van der Waals surface area contributed by atoms with Crippen molar-refractivity contribution in [1.82, 2.24) is 9.80 Å². The van der Waals surface area contributed by atoms with Crippen molar-refractivity contribution in [1.29, 1.82) is 0 Å². The topological polar surface area (TPSA) is 35.6 Å². The van der Waals surface area contributed by atoms with Crippen molar-refractivity contribution in [2.75, 3.05) is 32.0 Å². The second-order valence-electron chi connectivity index (χ2n) is 8.39. The van der Waals surface area contributed by atoms with Gasteiger partial charge in [-0.05, 0) is 63.9 Å². The summed E-state index contributed by atoms with van der Waals surface area (Å²) >= 11 is 0. The van der Waals surface area contributed by atoms with Gasteiger partial charge in [0.05, 0.1) is 0 Å². The number of likely N-dealkylation sites (N-methyl/N-ethyl adjacent to an activating group) is 1. The van der Waals surface area contributed by atoms with Gasteiger partial charge < -0.3 is 5.32 Å². The molecule has 0 aliphatic carbocycles. The fourth-order valence-electron chi connectivity index (χ4n) is 4.55. The van der Waals surface area contributed by atoms with Crippen LogP contribution in [0, 0.1) is 13.8 Å². The molecule has 1 aliphatic heterocycles. The molecule has 0 spiro atoms. The summed E-state index contributed by atoms with van der Waals surface area (Å²) in [7, 11) is 2.08. The van der Waals surface area contributed by atoms with Crippen molar-refractivity contribution in [3.63, 3.8) is 0 Å². The van der Waals surface area contributed by atoms with Gasteiger partial charge in [0.2, 0.25) is 5.91 Å². The maximum Gasteiger partial charge on any atom is 0.245 e. The maximum atomic E-state index is 13.6. The molecular formula is C25H35N3O. The highest BCUT2D eigenvalue weighted by Gasteiger charge is 2.45. The third-order valence-corrected chi connectivity index (χ3v) is 6.80. The molecule has 0 saturated carbocycles. The Labute approximate surface area is 175 Å². The molecule has 3 rings (SSSR count). The van der Waals surface area contributed by atoms with Gasteiger partial charge in [0.15, 0.2) is 0 Å². The highest BCUT2D eigenvalue weighted by molar-refractivity contribution is 5.99. The number of amides is 1. The predicted molar refractivity (Wildman–Crippen MR) is 121 cm³/mol. The van der Waals surface area contributed by atoms with E-state index in [1.807, 2.05) is 6.07 Å². The minimum atomic E-state index is -0.462. The second-order valence-corrected chi connectivity index (χ2v) is 8.39. The summed E-state index contributed by atoms with van der Waals surface area (Å²) < 4.78 is 0. The number of para-hydroxylation sites is 1. The smallest absolute Gasteiger partial charge is 0.245 e. The quantitative estimate of drug-likeness (QED) is 0.766. The lowest BCUT2D eigenvalue weighted by atomic mass is 9.83. The Bertz CT molecular complexity index is 805. The first kappa shape index (κ1) is 21.5. The standard InChI is InChI=1S/C25H35N3O/c1-6-27(5)25(24(29)26-23-19(2)11-10-12-20(23)3)15-17-28(18-16-25)21(4)22-13-8-7-9-14-22/h7-14,21H,6,15-18H2,1-5H3,(H,26,29). The number of benzene rings is 2. The van der Waals surface area contributed by atoms with Crippen molar-refractivity contribution in [2.24, 2.45) is 0 Å². The first-order valence-corrected chi connectivity index (χ1v) is 10.8. The number of aryl methyl sites for hydroxylation is 2. The van der Waals surface area contributed by atoms with Crippen molar-refractivity contribution < 1.29 is 4.79 Å². The van der Waals surface area contributed by atoms with E-state index in [-0.39, 0.29) is 5.91 Å². The first-order valence-electron chi connectivity index (χ1n) is 10.8. The number of carbonyl (C=O) groups excluding carboxylic acids is 1. The number of nitrogens with zero attached hydrogens (tertiary/aromatic N) is 2. The Morgan fingerprint density at radius 2 is 1.66 bits per heavy atom. The van der Waals surface area contributed by atoms with Gasteiger partial charge in [-0.15, -0.1) is 0 Å². The fraction of sp³-hybridized carbons (Fsp3) is 0.480. The van der Waals surface area contributed by atoms with E-state index in [4.69, 9.17) is 0 Å². The summed E-state index contributed by atoms with van der Waals surface area (Å²) in [5.74, 6) is 0.131. The van der Waals surface area contributed by atoms with Crippen LogP contribution in [-0.2, 0) is 4.79 Å². The predicted octanol–water partition coefficient (Wildman–Crippen LogP) is 4.79. The first-order chi connectivity index (χ1) is 13.9. The van der Waals surface area contributed by atoms with E-state index in [9.17, 15) is 4.79 Å². The Morgan fingerprint density at radius 3 is 2.21 bits per heavy atom. The summed E-state index contributed by atoms with van der Waals surface area (Å²) in [6.45, 7) is 11.2. The van der Waals surface area contributed by atoms with Gasteiger partial charge in [0.1, 0.15) is 5.54 Å². The lowest BCUT2D eigenvalue weighted by Gasteiger charge is -2.47. The minimum Gasteiger partial charge on any atom is -0.324 e. The molecule has 0 aromatic heterocycles. The molecule has 4 heteroatoms. The molecule has 29 heavy (non-hydrogen) atoms. The largest absolute Gasteiger partial charge is 0.324 e. The van der Waals surface area contributed by atoms with Crippen LogP contribution in [-0.4, -0.2) is 47.9 Å². The van der Waals surface area contributed by atoms with E-state index in [0.717, 1.165) is 49.3 Å². The maximum absolute atomic E-state index is 13.6. The number of anilines is 1. The van der Waals surface area contributed by atoms with E-state index in [1.54, 1.807) is 0 Å². The van der Waals surface area contributed by atoms with Gasteiger partial charge in [0, 0.05) is 24.8 Å². The van der Waals surface area contributed by atoms with Crippen LogP contribution in [0.15, 0.2) is 48.5 Å². The molecule has 1 heterocycles. The number of rotatable bonds is 6. The highest BCUT2D eigenvalue weighted by atomic mass is 16.2. The third kappa shape index (κ3) is 4.39. The van der Waals surface area contributed by atoms with Gasteiger partial charge in [-0.1, -0.05) is 55.5 Å². The summed E-state index contributed by atoms with van der Waals surface area (Å²) in [4.78, 5) is 18.3. The lowest BCUT2D eigenvalue weighted by Crippen LogP contribution is -2.60. The zero-order valence-electron chi connectivity index (χ0n) is 18.5. The fourth-order valence-corrected chi connectivity index (χ4v) is 4.55. The Hall–Kier alpha value is -2.17. The number of carbonyl (C=O) groups is 1. The number of nitrogens with one attached hydrogen (secondary N) is 1. The zero-order chi connectivity index (χ0) is 21.0. The van der Waals surface area contributed by atoms with E-state index in [2.05, 4.69) is 92.3 Å². The average molecular weight is 394 g/mol. The zero-order valence-corrected chi connectivity index (χ0v) is 18.5. The molecule has 1 atom stereocenters. The molecule has 1 aliphatic rings. The summed E-state index contributed by atoms with van der Waals surface area (Å²) in [5.41, 5.74) is 4.06. The minimum absolute atomic E-state index is 0.131. The summed E-state index contributed by atoms with van der Waals surface area (Å²) in [6.07, 6.45) is 1.68. The number of hydrogen-bond donors (Lipinski definition) is 1. The van der Waals surface area contributed by atoms with E-state index in [0.29, 0.717) is 6.04 Å². The molecule has 1 unspecified atom stereocenters. The molecule has 4 nitrogen and oxygen atoms in total. The summed E-state index contributed by atoms with van der Waals surface area (Å²) in [6, 6.07) is 17.2. The Balaban J connectivity index is 1.78. The summed E-state index contributed by atoms with van der Waals surface area (Å²) in [5, 5.41) is 3.28. The lowest BCUT2D eigenvalue weighted by molar-refractivity contribution is -0.131. The molecule has 2 aromatic carbocycles. The van der Waals surface area contributed by atoms with Crippen LogP contribution in [0.4, 0.5) is 5.69 Å². The van der Waals surface area contributed by atoms with Crippen molar-refractivity contribution >= 4 is 11.6 Å². The van der Waals surface area contributed by atoms with Crippen LogP contribution in [0.1, 0.15) is 49.4 Å². The van der Waals surface area contributed by atoms with E-state index < -0.39 is 5.54 Å². The van der Waals surface area contributed by atoms with E-state index in [1.165, 1.54) is 5.56 Å². The number of likely N-dealkylation sites (tertiary alicyclic amines) is 1. The highest BCUT2D eigenvalue weighted by Crippen LogP contribution is 2.34. The average Bonchev–Trinajstić information content (AvgIpc) is 2.75. The normalized spacial score (nSPS) is 17.9. The van der Waals surface area contributed by atoms with Gasteiger partial charge in [-0.2, -0.15) is 0 Å². The van der Waals surface area contributed by atoms with Crippen LogP contribution >= 0.6 is 0 Å². The Kier molecular flexibility index (Phi) is 6.76. The SMILES string of the molecule is CCN(C)C1(C(=O)Nc2c(C)cccc2C)CCN(C(C)c2ccccc2)CC1. The molecule has 1 N–H and O–H groups in total. The van der Waals surface area contributed by atoms with Crippen LogP contribution in [0.25, 0.3) is 0 Å². The van der Waals surface area contributed by atoms with Gasteiger partial charge in [-0.3, -0.25) is 14.6 Å². The second kappa shape index (κ2) is 9.10. The molecule has 1 amide bonds. The van der Waals surface area contributed by atoms with Gasteiger partial charge in [0.25, 0.3) is 0 Å². The van der Waals surface area contributed by atoms with Crippen LogP contribution < -0.4 is 5.32 Å². The van der Waals surface area contributed by atoms with Gasteiger partial charge >= 0.3 is 0 Å². The van der Waals surface area contributed by atoms with E-state index >= 15 is 0 Å². The Morgan fingerprint density at radius 1 is 1.07 bits per heavy atom. The molecule has 0 bridgehead atoms. The number of piperidine rings is 1. The number of hydrogen-bond acceptors (Lipinski definition) is 3. The van der Waals surface area contributed by atoms with Gasteiger partial charge in [-0.25, -0.2) is 0 Å². The molecule has 1 fully saturated rings. The van der Waals surface area contributed by atoms with Crippen LogP contribution in [0.5, 0.6) is 0 Å². The monoisotopic (exact) mass is 393 g/mol. The van der Waals surface area contributed by atoms with Crippen molar-refractivity contribution in [2.45, 2.75) is 52.1 Å². The molecule has 156 valence electrons.